The van der Waals surface area contributed by atoms with Crippen LogP contribution in [0.4, 0.5) is 0 Å². The summed E-state index contributed by atoms with van der Waals surface area (Å²) in [7, 11) is -3.50. The monoisotopic (exact) mass is 418 g/mol. The zero-order chi connectivity index (χ0) is 18.0. The van der Waals surface area contributed by atoms with Crippen molar-refractivity contribution in [2.24, 2.45) is 0 Å². The Labute approximate surface area is 162 Å². The van der Waals surface area contributed by atoms with Gasteiger partial charge in [0.1, 0.15) is 0 Å². The molecule has 2 aromatic carbocycles. The van der Waals surface area contributed by atoms with Gasteiger partial charge in [-0.25, -0.2) is 8.42 Å². The summed E-state index contributed by atoms with van der Waals surface area (Å²) < 4.78 is 31.5. The SMILES string of the molecule is O=S(=O)(c1ccc(Cl)cc1Cl)[C@H]1CC[C@H](OCc2ccc(Cl)cc2)C1. The summed E-state index contributed by atoms with van der Waals surface area (Å²) >= 11 is 17.8. The van der Waals surface area contributed by atoms with E-state index < -0.39 is 15.1 Å². The predicted molar refractivity (Wildman–Crippen MR) is 101 cm³/mol. The highest BCUT2D eigenvalue weighted by Gasteiger charge is 2.36. The molecule has 2 aromatic rings. The predicted octanol–water partition coefficient (Wildman–Crippen LogP) is 5.56. The van der Waals surface area contributed by atoms with Crippen LogP contribution in [0.25, 0.3) is 0 Å². The number of ether oxygens (including phenoxy) is 1. The minimum absolute atomic E-state index is 0.0819. The molecule has 3 rings (SSSR count). The molecule has 0 aliphatic heterocycles. The van der Waals surface area contributed by atoms with Gasteiger partial charge in [0.2, 0.25) is 0 Å². The average molecular weight is 420 g/mol. The summed E-state index contributed by atoms with van der Waals surface area (Å²) in [5.41, 5.74) is 1.01. The number of benzene rings is 2. The number of hydrogen-bond acceptors (Lipinski definition) is 3. The van der Waals surface area contributed by atoms with Crippen LogP contribution in [-0.2, 0) is 21.2 Å². The highest BCUT2D eigenvalue weighted by molar-refractivity contribution is 7.92. The summed E-state index contributed by atoms with van der Waals surface area (Å²) in [6.07, 6.45) is 1.66. The van der Waals surface area contributed by atoms with E-state index in [1.807, 2.05) is 24.3 Å². The zero-order valence-corrected chi connectivity index (χ0v) is 16.4. The second-order valence-electron chi connectivity index (χ2n) is 6.11. The molecule has 0 aromatic heterocycles. The fourth-order valence-corrected chi connectivity index (χ4v) is 5.73. The molecule has 1 aliphatic carbocycles. The first kappa shape index (κ1) is 19.0. The Kier molecular flexibility index (Phi) is 5.96. The minimum atomic E-state index is -3.50. The maximum Gasteiger partial charge on any atom is 0.182 e. The molecule has 134 valence electrons. The lowest BCUT2D eigenvalue weighted by atomic mass is 10.2. The molecular weight excluding hydrogens is 403 g/mol. The van der Waals surface area contributed by atoms with E-state index in [0.717, 1.165) is 5.56 Å². The van der Waals surface area contributed by atoms with Crippen LogP contribution in [0.2, 0.25) is 15.1 Å². The van der Waals surface area contributed by atoms with Gasteiger partial charge in [-0.05, 0) is 55.2 Å². The van der Waals surface area contributed by atoms with E-state index in [1.165, 1.54) is 12.1 Å². The molecule has 1 aliphatic rings. The van der Waals surface area contributed by atoms with E-state index in [9.17, 15) is 8.42 Å². The molecule has 25 heavy (non-hydrogen) atoms. The van der Waals surface area contributed by atoms with Crippen LogP contribution in [0.5, 0.6) is 0 Å². The summed E-state index contributed by atoms with van der Waals surface area (Å²) in [5, 5.41) is 0.773. The van der Waals surface area contributed by atoms with E-state index in [0.29, 0.717) is 35.9 Å². The molecule has 0 heterocycles. The second kappa shape index (κ2) is 7.85. The molecule has 1 saturated carbocycles. The molecule has 1 fully saturated rings. The first-order chi connectivity index (χ1) is 11.9. The molecule has 7 heteroatoms. The van der Waals surface area contributed by atoms with Crippen LogP contribution >= 0.6 is 34.8 Å². The summed E-state index contributed by atoms with van der Waals surface area (Å²) in [6.45, 7) is 0.441. The molecule has 0 radical (unpaired) electrons. The lowest BCUT2D eigenvalue weighted by molar-refractivity contribution is 0.0458. The van der Waals surface area contributed by atoms with Crippen molar-refractivity contribution in [1.29, 1.82) is 0 Å². The van der Waals surface area contributed by atoms with Crippen molar-refractivity contribution in [3.05, 3.63) is 63.1 Å². The Bertz CT molecular complexity index is 850. The third-order valence-electron chi connectivity index (χ3n) is 4.37. The van der Waals surface area contributed by atoms with E-state index in [2.05, 4.69) is 0 Å². The Morgan fingerprint density at radius 1 is 0.960 bits per heavy atom. The summed E-state index contributed by atoms with van der Waals surface area (Å²) in [4.78, 5) is 0.141. The van der Waals surface area contributed by atoms with Crippen LogP contribution in [0, 0.1) is 0 Å². The topological polar surface area (TPSA) is 43.4 Å². The number of halogens is 3. The average Bonchev–Trinajstić information content (AvgIpc) is 3.04. The largest absolute Gasteiger partial charge is 0.373 e. The van der Waals surface area contributed by atoms with Crippen molar-refractivity contribution in [3.63, 3.8) is 0 Å². The van der Waals surface area contributed by atoms with E-state index in [-0.39, 0.29) is 16.0 Å². The smallest absolute Gasteiger partial charge is 0.182 e. The first-order valence-corrected chi connectivity index (χ1v) is 10.6. The van der Waals surface area contributed by atoms with E-state index >= 15 is 0 Å². The fraction of sp³-hybridized carbons (Fsp3) is 0.333. The highest BCUT2D eigenvalue weighted by Crippen LogP contribution is 2.35. The molecule has 2 atom stereocenters. The molecule has 0 spiro atoms. The molecule has 0 N–H and O–H groups in total. The van der Waals surface area contributed by atoms with Crippen molar-refractivity contribution in [2.75, 3.05) is 0 Å². The van der Waals surface area contributed by atoms with Crippen molar-refractivity contribution < 1.29 is 13.2 Å². The standard InChI is InChI=1S/C18H17Cl3O3S/c19-13-3-1-12(2-4-13)11-24-15-6-7-16(10-15)25(22,23)18-8-5-14(20)9-17(18)21/h1-5,8-9,15-16H,6-7,10-11H2/t15-,16-/m0/s1. The molecule has 0 amide bonds. The van der Waals surface area contributed by atoms with Crippen molar-refractivity contribution in [1.82, 2.24) is 0 Å². The van der Waals surface area contributed by atoms with Crippen LogP contribution < -0.4 is 0 Å². The van der Waals surface area contributed by atoms with Gasteiger partial charge in [-0.2, -0.15) is 0 Å². The van der Waals surface area contributed by atoms with Crippen LogP contribution in [0.15, 0.2) is 47.4 Å². The Balaban J connectivity index is 1.64. The van der Waals surface area contributed by atoms with Gasteiger partial charge in [0.25, 0.3) is 0 Å². The van der Waals surface area contributed by atoms with Crippen LogP contribution in [0.1, 0.15) is 24.8 Å². The van der Waals surface area contributed by atoms with E-state index in [1.54, 1.807) is 6.07 Å². The summed E-state index contributed by atoms with van der Waals surface area (Å²) in [6, 6.07) is 11.9. The van der Waals surface area contributed by atoms with Gasteiger partial charge in [-0.1, -0.05) is 46.9 Å². The van der Waals surface area contributed by atoms with Gasteiger partial charge < -0.3 is 4.74 Å². The number of rotatable bonds is 5. The lowest BCUT2D eigenvalue weighted by Crippen LogP contribution is -2.20. The zero-order valence-electron chi connectivity index (χ0n) is 13.3. The first-order valence-electron chi connectivity index (χ1n) is 7.91. The maximum absolute atomic E-state index is 12.8. The summed E-state index contributed by atoms with van der Waals surface area (Å²) in [5.74, 6) is 0. The van der Waals surface area contributed by atoms with Crippen LogP contribution in [-0.4, -0.2) is 19.8 Å². The minimum Gasteiger partial charge on any atom is -0.373 e. The van der Waals surface area contributed by atoms with Gasteiger partial charge in [-0.15, -0.1) is 0 Å². The Morgan fingerprint density at radius 3 is 2.32 bits per heavy atom. The van der Waals surface area contributed by atoms with Gasteiger partial charge >= 0.3 is 0 Å². The third-order valence-corrected chi connectivity index (χ3v) is 7.56. The molecule has 0 unspecified atom stereocenters. The normalized spacial score (nSPS) is 20.8. The van der Waals surface area contributed by atoms with E-state index in [4.69, 9.17) is 39.5 Å². The number of sulfone groups is 1. The van der Waals surface area contributed by atoms with Crippen LogP contribution in [0.3, 0.4) is 0 Å². The molecular formula is C18H17Cl3O3S. The fourth-order valence-electron chi connectivity index (χ4n) is 3.01. The molecule has 0 bridgehead atoms. The quantitative estimate of drug-likeness (QED) is 0.637. The Morgan fingerprint density at radius 2 is 1.64 bits per heavy atom. The lowest BCUT2D eigenvalue weighted by Gasteiger charge is -2.15. The molecule has 3 nitrogen and oxygen atoms in total. The number of hydrogen-bond donors (Lipinski definition) is 0. The third kappa shape index (κ3) is 4.50. The van der Waals surface area contributed by atoms with Gasteiger partial charge in [0.05, 0.1) is 27.9 Å². The maximum atomic E-state index is 12.8. The van der Waals surface area contributed by atoms with Gasteiger partial charge in [-0.3, -0.25) is 0 Å². The Hall–Kier alpha value is -0.780. The van der Waals surface area contributed by atoms with Gasteiger partial charge in [0.15, 0.2) is 9.84 Å². The van der Waals surface area contributed by atoms with Crippen molar-refractivity contribution in [3.8, 4) is 0 Å². The second-order valence-corrected chi connectivity index (χ2v) is 9.59. The van der Waals surface area contributed by atoms with Crippen molar-refractivity contribution in [2.45, 2.75) is 42.1 Å². The van der Waals surface area contributed by atoms with Gasteiger partial charge in [0, 0.05) is 10.0 Å². The van der Waals surface area contributed by atoms with Crippen molar-refractivity contribution >= 4 is 44.6 Å². The molecule has 0 saturated heterocycles. The highest BCUT2D eigenvalue weighted by atomic mass is 35.5.